The monoisotopic (exact) mass is 395 g/mol. The normalized spacial score (nSPS) is 23.1. The van der Waals surface area contributed by atoms with Crippen LogP contribution in [-0.2, 0) is 0 Å². The Balaban J connectivity index is 1.49. The lowest BCUT2D eigenvalue weighted by atomic mass is 9.96. The highest BCUT2D eigenvalue weighted by atomic mass is 35.5. The predicted molar refractivity (Wildman–Crippen MR) is 108 cm³/mol. The van der Waals surface area contributed by atoms with Gasteiger partial charge in [0.2, 0.25) is 0 Å². The number of carbonyl (C=O) groups excluding carboxylic acids is 1. The molecule has 5 rings (SSSR count). The van der Waals surface area contributed by atoms with Crippen molar-refractivity contribution in [1.29, 1.82) is 0 Å². The van der Waals surface area contributed by atoms with Crippen LogP contribution in [0.15, 0.2) is 54.6 Å². The molecule has 0 bridgehead atoms. The van der Waals surface area contributed by atoms with Crippen LogP contribution in [0.2, 0.25) is 5.02 Å². The second kappa shape index (κ2) is 6.29. The average Bonchev–Trinajstić information content (AvgIpc) is 3.28. The lowest BCUT2D eigenvalue weighted by molar-refractivity contribution is 0.0751. The molecule has 1 aliphatic carbocycles. The largest absolute Gasteiger partial charge is 0.396 e. The summed E-state index contributed by atoms with van der Waals surface area (Å²) in [5.74, 6) is 0.0109. The van der Waals surface area contributed by atoms with Gasteiger partial charge in [-0.3, -0.25) is 4.79 Å². The number of benzene rings is 3. The number of rotatable bonds is 3. The summed E-state index contributed by atoms with van der Waals surface area (Å²) in [5.41, 5.74) is 2.37. The van der Waals surface area contributed by atoms with Gasteiger partial charge in [-0.05, 0) is 58.5 Å². The van der Waals surface area contributed by atoms with Gasteiger partial charge in [0.1, 0.15) is 5.82 Å². The Morgan fingerprint density at radius 2 is 2.07 bits per heavy atom. The molecule has 1 aliphatic heterocycles. The van der Waals surface area contributed by atoms with Gasteiger partial charge in [0.15, 0.2) is 0 Å². The number of halogens is 2. The summed E-state index contributed by atoms with van der Waals surface area (Å²) in [6, 6.07) is 16.2. The molecule has 5 heteroatoms. The molecule has 0 aromatic heterocycles. The first-order chi connectivity index (χ1) is 13.5. The molecule has 142 valence electrons. The fourth-order valence-corrected chi connectivity index (χ4v) is 4.69. The molecular weight excluding hydrogens is 377 g/mol. The Morgan fingerprint density at radius 3 is 2.82 bits per heavy atom. The first-order valence-corrected chi connectivity index (χ1v) is 9.77. The second-order valence-corrected chi connectivity index (χ2v) is 8.38. The molecule has 3 aromatic rings. The van der Waals surface area contributed by atoms with Crippen molar-refractivity contribution in [1.82, 2.24) is 4.90 Å². The summed E-state index contributed by atoms with van der Waals surface area (Å²) in [6.45, 7) is 1.52. The van der Waals surface area contributed by atoms with E-state index in [0.717, 1.165) is 34.9 Å². The third kappa shape index (κ3) is 2.71. The van der Waals surface area contributed by atoms with Gasteiger partial charge >= 0.3 is 0 Å². The quantitative estimate of drug-likeness (QED) is 0.695. The SMILES string of the molecule is O=C(c1ccc2c(-c3ccc(F)c(Cl)c3)cccc2c1)N1C[C@H]2C[C@@]2(CO)C1. The predicted octanol–water partition coefficient (Wildman–Crippen LogP) is 4.75. The third-order valence-electron chi connectivity index (χ3n) is 6.27. The van der Waals surface area contributed by atoms with Gasteiger partial charge in [-0.2, -0.15) is 0 Å². The number of amides is 1. The number of nitrogens with zero attached hydrogens (tertiary/aromatic N) is 1. The first kappa shape index (κ1) is 17.7. The zero-order chi connectivity index (χ0) is 19.5. The zero-order valence-corrected chi connectivity index (χ0v) is 15.9. The molecule has 1 heterocycles. The number of hydrogen-bond acceptors (Lipinski definition) is 2. The van der Waals surface area contributed by atoms with Gasteiger partial charge in [-0.15, -0.1) is 0 Å². The van der Waals surface area contributed by atoms with Crippen molar-refractivity contribution in [2.24, 2.45) is 11.3 Å². The van der Waals surface area contributed by atoms with Crippen molar-refractivity contribution in [3.05, 3.63) is 71.0 Å². The first-order valence-electron chi connectivity index (χ1n) is 9.39. The summed E-state index contributed by atoms with van der Waals surface area (Å²) in [7, 11) is 0. The summed E-state index contributed by atoms with van der Waals surface area (Å²) in [6.07, 6.45) is 1.02. The number of likely N-dealkylation sites (tertiary alicyclic amines) is 1. The number of piperidine rings is 1. The van der Waals surface area contributed by atoms with E-state index in [4.69, 9.17) is 11.6 Å². The Hall–Kier alpha value is -2.43. The van der Waals surface area contributed by atoms with Crippen molar-refractivity contribution >= 4 is 28.3 Å². The van der Waals surface area contributed by atoms with Gasteiger partial charge in [0.25, 0.3) is 5.91 Å². The maximum absolute atomic E-state index is 13.5. The molecule has 2 atom stereocenters. The second-order valence-electron chi connectivity index (χ2n) is 7.98. The van der Waals surface area contributed by atoms with Crippen molar-refractivity contribution in [2.75, 3.05) is 19.7 Å². The van der Waals surface area contributed by atoms with E-state index in [1.165, 1.54) is 6.07 Å². The maximum atomic E-state index is 13.5. The van der Waals surface area contributed by atoms with Crippen LogP contribution in [0.3, 0.4) is 0 Å². The number of hydrogen-bond donors (Lipinski definition) is 1. The molecule has 2 fully saturated rings. The summed E-state index contributed by atoms with van der Waals surface area (Å²) in [5, 5.41) is 11.6. The third-order valence-corrected chi connectivity index (χ3v) is 6.56. The van der Waals surface area contributed by atoms with Crippen LogP contribution in [-0.4, -0.2) is 35.6 Å². The van der Waals surface area contributed by atoms with E-state index in [0.29, 0.717) is 18.0 Å². The fraction of sp³-hybridized carbons (Fsp3) is 0.261. The van der Waals surface area contributed by atoms with Crippen LogP contribution in [0.5, 0.6) is 0 Å². The molecule has 0 unspecified atom stereocenters. The van der Waals surface area contributed by atoms with E-state index in [9.17, 15) is 14.3 Å². The maximum Gasteiger partial charge on any atom is 0.253 e. The van der Waals surface area contributed by atoms with Crippen LogP contribution in [0.4, 0.5) is 4.39 Å². The van der Waals surface area contributed by atoms with E-state index in [1.807, 2.05) is 41.3 Å². The molecule has 2 aliphatic rings. The van der Waals surface area contributed by atoms with Crippen LogP contribution in [0.25, 0.3) is 21.9 Å². The number of fused-ring (bicyclic) bond motifs is 2. The smallest absolute Gasteiger partial charge is 0.253 e. The minimum Gasteiger partial charge on any atom is -0.396 e. The minimum atomic E-state index is -0.442. The summed E-state index contributed by atoms with van der Waals surface area (Å²) >= 11 is 5.95. The van der Waals surface area contributed by atoms with Crippen molar-refractivity contribution in [3.63, 3.8) is 0 Å². The van der Waals surface area contributed by atoms with Crippen LogP contribution in [0, 0.1) is 17.2 Å². The molecule has 3 aromatic carbocycles. The summed E-state index contributed by atoms with van der Waals surface area (Å²) < 4.78 is 13.5. The lowest BCUT2D eigenvalue weighted by Crippen LogP contribution is -2.32. The number of carbonyl (C=O) groups is 1. The Morgan fingerprint density at radius 1 is 1.21 bits per heavy atom. The average molecular weight is 396 g/mol. The Bertz CT molecular complexity index is 1110. The zero-order valence-electron chi connectivity index (χ0n) is 15.2. The molecule has 0 radical (unpaired) electrons. The minimum absolute atomic E-state index is 0.0113. The van der Waals surface area contributed by atoms with E-state index < -0.39 is 5.82 Å². The van der Waals surface area contributed by atoms with E-state index >= 15 is 0 Å². The molecule has 3 nitrogen and oxygen atoms in total. The Labute approximate surface area is 167 Å². The standard InChI is InChI=1S/C23H19ClFNO2/c24-20-9-15(5-7-21(20)25)18-3-1-2-14-8-16(4-6-19(14)18)22(28)26-11-17-10-23(17,12-26)13-27/h1-9,17,27H,10-13H2/t17-,23+/m1/s1. The van der Waals surface area contributed by atoms with E-state index in [1.54, 1.807) is 12.1 Å². The molecule has 1 amide bonds. The lowest BCUT2D eigenvalue weighted by Gasteiger charge is -2.20. The van der Waals surface area contributed by atoms with Gasteiger partial charge in [0, 0.05) is 24.1 Å². The highest BCUT2D eigenvalue weighted by molar-refractivity contribution is 6.31. The van der Waals surface area contributed by atoms with Gasteiger partial charge < -0.3 is 10.0 Å². The topological polar surface area (TPSA) is 40.5 Å². The molecule has 28 heavy (non-hydrogen) atoms. The Kier molecular flexibility index (Phi) is 3.97. The van der Waals surface area contributed by atoms with Gasteiger partial charge in [-0.25, -0.2) is 4.39 Å². The van der Waals surface area contributed by atoms with Crippen LogP contribution < -0.4 is 0 Å². The van der Waals surface area contributed by atoms with Crippen LogP contribution in [0.1, 0.15) is 16.8 Å². The fourth-order valence-electron chi connectivity index (χ4n) is 4.51. The van der Waals surface area contributed by atoms with E-state index in [2.05, 4.69) is 0 Å². The molecule has 0 spiro atoms. The molecular formula is C23H19ClFNO2. The highest BCUT2D eigenvalue weighted by Gasteiger charge is 2.60. The number of aliphatic hydroxyl groups is 1. The molecule has 1 saturated carbocycles. The van der Waals surface area contributed by atoms with Gasteiger partial charge in [0.05, 0.1) is 11.6 Å². The van der Waals surface area contributed by atoms with Crippen molar-refractivity contribution in [2.45, 2.75) is 6.42 Å². The molecule has 1 saturated heterocycles. The van der Waals surface area contributed by atoms with Crippen LogP contribution >= 0.6 is 11.6 Å². The van der Waals surface area contributed by atoms with Gasteiger partial charge in [-0.1, -0.05) is 41.9 Å². The highest BCUT2D eigenvalue weighted by Crippen LogP contribution is 2.57. The molecule has 1 N–H and O–H groups in total. The number of aliphatic hydroxyl groups excluding tert-OH is 1. The van der Waals surface area contributed by atoms with Crippen molar-refractivity contribution in [3.8, 4) is 11.1 Å². The van der Waals surface area contributed by atoms with E-state index in [-0.39, 0.29) is 23.0 Å². The van der Waals surface area contributed by atoms with Crippen molar-refractivity contribution < 1.29 is 14.3 Å². The summed E-state index contributed by atoms with van der Waals surface area (Å²) in [4.78, 5) is 14.8.